The van der Waals surface area contributed by atoms with Crippen LogP contribution in [0.4, 0.5) is 5.82 Å². The van der Waals surface area contributed by atoms with E-state index in [0.717, 1.165) is 6.26 Å². The maximum absolute atomic E-state index is 11.0. The maximum atomic E-state index is 11.0. The summed E-state index contributed by atoms with van der Waals surface area (Å²) in [6.07, 6.45) is 1.14. The lowest BCUT2D eigenvalue weighted by molar-refractivity contribution is 0.0689. The van der Waals surface area contributed by atoms with Crippen LogP contribution < -0.4 is 5.32 Å². The molecule has 8 heteroatoms. The zero-order valence-electron chi connectivity index (χ0n) is 9.41. The number of nitrogens with one attached hydrogen (secondary N) is 1. The topological polar surface area (TPSA) is 109 Å². The number of anilines is 1. The van der Waals surface area contributed by atoms with Gasteiger partial charge in [0.2, 0.25) is 0 Å². The molecule has 17 heavy (non-hydrogen) atoms. The molecule has 0 aliphatic heterocycles. The molecule has 0 aliphatic carbocycles. The molecule has 1 rings (SSSR count). The molecule has 7 nitrogen and oxygen atoms in total. The summed E-state index contributed by atoms with van der Waals surface area (Å²) in [5.41, 5.74) is -0.161. The lowest BCUT2D eigenvalue weighted by Gasteiger charge is -2.12. The van der Waals surface area contributed by atoms with E-state index in [1.54, 1.807) is 6.92 Å². The van der Waals surface area contributed by atoms with Gasteiger partial charge in [-0.3, -0.25) is 0 Å². The molecule has 0 saturated carbocycles. The van der Waals surface area contributed by atoms with E-state index in [2.05, 4.69) is 15.5 Å². The van der Waals surface area contributed by atoms with E-state index >= 15 is 0 Å². The second-order valence-electron chi connectivity index (χ2n) is 3.75. The van der Waals surface area contributed by atoms with Crippen molar-refractivity contribution >= 4 is 21.6 Å². The van der Waals surface area contributed by atoms with Gasteiger partial charge in [0.05, 0.1) is 5.75 Å². The van der Waals surface area contributed by atoms with E-state index in [-0.39, 0.29) is 17.5 Å². The summed E-state index contributed by atoms with van der Waals surface area (Å²) in [6, 6.07) is 2.41. The Morgan fingerprint density at radius 2 is 2.12 bits per heavy atom. The van der Waals surface area contributed by atoms with Crippen LogP contribution in [0.5, 0.6) is 0 Å². The second kappa shape index (κ2) is 5.09. The van der Waals surface area contributed by atoms with Crippen LogP contribution in [0, 0.1) is 0 Å². The minimum Gasteiger partial charge on any atom is -0.476 e. The molecule has 0 aromatic carbocycles. The molecule has 1 heterocycles. The number of sulfone groups is 1. The SMILES string of the molecule is CC(CS(C)(=O)=O)Nc1ccc(C(=O)O)nn1. The molecule has 94 valence electrons. The fraction of sp³-hybridized carbons (Fsp3) is 0.444. The van der Waals surface area contributed by atoms with Crippen LogP contribution in [0.1, 0.15) is 17.4 Å². The van der Waals surface area contributed by atoms with Gasteiger partial charge in [0.15, 0.2) is 5.69 Å². The maximum Gasteiger partial charge on any atom is 0.356 e. The number of hydrogen-bond donors (Lipinski definition) is 2. The van der Waals surface area contributed by atoms with Gasteiger partial charge >= 0.3 is 5.97 Å². The van der Waals surface area contributed by atoms with Gasteiger partial charge in [-0.15, -0.1) is 10.2 Å². The third-order valence-electron chi connectivity index (χ3n) is 1.83. The van der Waals surface area contributed by atoms with Crippen LogP contribution >= 0.6 is 0 Å². The number of carboxylic acid groups (broad SMARTS) is 1. The fourth-order valence-corrected chi connectivity index (χ4v) is 2.26. The Morgan fingerprint density at radius 3 is 2.53 bits per heavy atom. The van der Waals surface area contributed by atoms with E-state index in [0.29, 0.717) is 5.82 Å². The van der Waals surface area contributed by atoms with Crippen LogP contribution in [0.25, 0.3) is 0 Å². The average Bonchev–Trinajstić information content (AvgIpc) is 2.15. The highest BCUT2D eigenvalue weighted by atomic mass is 32.2. The quantitative estimate of drug-likeness (QED) is 0.767. The first-order valence-corrected chi connectivity index (χ1v) is 6.85. The molecule has 0 amide bonds. The molecular formula is C9H13N3O4S. The van der Waals surface area contributed by atoms with E-state index in [9.17, 15) is 13.2 Å². The minimum atomic E-state index is -3.07. The van der Waals surface area contributed by atoms with Crippen molar-refractivity contribution in [2.24, 2.45) is 0 Å². The van der Waals surface area contributed by atoms with Gasteiger partial charge in [-0.25, -0.2) is 13.2 Å². The molecule has 0 fully saturated rings. The standard InChI is InChI=1S/C9H13N3O4S/c1-6(5-17(2,15)16)10-8-4-3-7(9(13)14)11-12-8/h3-4,6H,5H2,1-2H3,(H,10,12)(H,13,14). The van der Waals surface area contributed by atoms with E-state index in [1.807, 2.05) is 0 Å². The predicted molar refractivity (Wildman–Crippen MR) is 61.8 cm³/mol. The van der Waals surface area contributed by atoms with Crippen molar-refractivity contribution in [2.45, 2.75) is 13.0 Å². The Morgan fingerprint density at radius 1 is 1.47 bits per heavy atom. The summed E-state index contributed by atoms with van der Waals surface area (Å²) in [4.78, 5) is 10.5. The molecule has 0 spiro atoms. The highest BCUT2D eigenvalue weighted by Crippen LogP contribution is 2.05. The van der Waals surface area contributed by atoms with Gasteiger partial charge in [-0.05, 0) is 19.1 Å². The number of aromatic nitrogens is 2. The smallest absolute Gasteiger partial charge is 0.356 e. The van der Waals surface area contributed by atoms with E-state index in [4.69, 9.17) is 5.11 Å². The molecule has 1 unspecified atom stereocenters. The highest BCUT2D eigenvalue weighted by Gasteiger charge is 2.11. The average molecular weight is 259 g/mol. The Balaban J connectivity index is 2.66. The summed E-state index contributed by atoms with van der Waals surface area (Å²) in [6.45, 7) is 1.69. The van der Waals surface area contributed by atoms with Crippen molar-refractivity contribution in [2.75, 3.05) is 17.3 Å². The fourth-order valence-electron chi connectivity index (χ4n) is 1.27. The van der Waals surface area contributed by atoms with Crippen LogP contribution in [0.3, 0.4) is 0 Å². The summed E-state index contributed by atoms with van der Waals surface area (Å²) in [5, 5.41) is 18.5. The Hall–Kier alpha value is -1.70. The highest BCUT2D eigenvalue weighted by molar-refractivity contribution is 7.90. The van der Waals surface area contributed by atoms with Crippen LogP contribution in [-0.2, 0) is 9.84 Å². The normalized spacial score (nSPS) is 13.1. The summed E-state index contributed by atoms with van der Waals surface area (Å²) < 4.78 is 22.0. The van der Waals surface area contributed by atoms with Crippen molar-refractivity contribution in [3.05, 3.63) is 17.8 Å². The number of aromatic carboxylic acids is 1. The van der Waals surface area contributed by atoms with Crippen molar-refractivity contribution in [1.82, 2.24) is 10.2 Å². The van der Waals surface area contributed by atoms with Crippen molar-refractivity contribution in [3.8, 4) is 0 Å². The van der Waals surface area contributed by atoms with Crippen molar-refractivity contribution in [1.29, 1.82) is 0 Å². The molecule has 0 aliphatic rings. The monoisotopic (exact) mass is 259 g/mol. The Labute approximate surface area is 98.8 Å². The molecule has 1 atom stereocenters. The molecule has 1 aromatic heterocycles. The number of carboxylic acids is 1. The van der Waals surface area contributed by atoms with Crippen molar-refractivity contribution in [3.63, 3.8) is 0 Å². The first-order valence-electron chi connectivity index (χ1n) is 4.79. The van der Waals surface area contributed by atoms with Gasteiger partial charge in [-0.2, -0.15) is 0 Å². The van der Waals surface area contributed by atoms with Crippen LogP contribution in [0.2, 0.25) is 0 Å². The zero-order valence-corrected chi connectivity index (χ0v) is 10.2. The molecular weight excluding hydrogens is 246 g/mol. The van der Waals surface area contributed by atoms with E-state index in [1.165, 1.54) is 12.1 Å². The molecule has 0 radical (unpaired) electrons. The number of rotatable bonds is 5. The minimum absolute atomic E-state index is 0.0324. The molecule has 2 N–H and O–H groups in total. The van der Waals surface area contributed by atoms with Gasteiger partial charge in [0.25, 0.3) is 0 Å². The number of nitrogens with zero attached hydrogens (tertiary/aromatic N) is 2. The molecule has 0 bridgehead atoms. The number of hydrogen-bond acceptors (Lipinski definition) is 6. The van der Waals surface area contributed by atoms with Crippen LogP contribution in [0.15, 0.2) is 12.1 Å². The van der Waals surface area contributed by atoms with E-state index < -0.39 is 15.8 Å². The van der Waals surface area contributed by atoms with Gasteiger partial charge in [-0.1, -0.05) is 0 Å². The third kappa shape index (κ3) is 4.77. The Kier molecular flexibility index (Phi) is 4.00. The predicted octanol–water partition coefficient (Wildman–Crippen LogP) is 0.0198. The largest absolute Gasteiger partial charge is 0.476 e. The van der Waals surface area contributed by atoms with Crippen molar-refractivity contribution < 1.29 is 18.3 Å². The Bertz CT molecular complexity index is 497. The van der Waals surface area contributed by atoms with Gasteiger partial charge < -0.3 is 10.4 Å². The molecule has 1 aromatic rings. The van der Waals surface area contributed by atoms with Gasteiger partial charge in [0.1, 0.15) is 15.7 Å². The lowest BCUT2D eigenvalue weighted by atomic mass is 10.3. The van der Waals surface area contributed by atoms with Crippen LogP contribution in [-0.4, -0.2) is 47.7 Å². The first kappa shape index (κ1) is 13.4. The first-order chi connectivity index (χ1) is 7.78. The number of carbonyl (C=O) groups is 1. The zero-order chi connectivity index (χ0) is 13.1. The lowest BCUT2D eigenvalue weighted by Crippen LogP contribution is -2.25. The van der Waals surface area contributed by atoms with Gasteiger partial charge in [0, 0.05) is 12.3 Å². The summed E-state index contributed by atoms with van der Waals surface area (Å²) in [5.74, 6) is -0.852. The summed E-state index contributed by atoms with van der Waals surface area (Å²) >= 11 is 0. The third-order valence-corrected chi connectivity index (χ3v) is 2.94. The molecule has 0 saturated heterocycles. The summed E-state index contributed by atoms with van der Waals surface area (Å²) in [7, 11) is -3.07. The second-order valence-corrected chi connectivity index (χ2v) is 5.93.